The number of ether oxygens (including phenoxy) is 2. The smallest absolute Gasteiger partial charge is 0.119 e. The van der Waals surface area contributed by atoms with E-state index in [1.165, 1.54) is 5.56 Å². The van der Waals surface area contributed by atoms with E-state index in [4.69, 9.17) is 9.47 Å². The lowest BCUT2D eigenvalue weighted by atomic mass is 10.1. The van der Waals surface area contributed by atoms with Crippen molar-refractivity contribution in [1.82, 2.24) is 0 Å². The molecule has 0 heterocycles. The summed E-state index contributed by atoms with van der Waals surface area (Å²) < 4.78 is 10.5. The van der Waals surface area contributed by atoms with Crippen molar-refractivity contribution in [3.8, 4) is 5.75 Å². The molecule has 0 amide bonds. The fourth-order valence-electron chi connectivity index (χ4n) is 1.91. The first kappa shape index (κ1) is 14.4. The van der Waals surface area contributed by atoms with Crippen LogP contribution in [0.4, 0.5) is 5.69 Å². The van der Waals surface area contributed by atoms with Crippen LogP contribution in [0.2, 0.25) is 0 Å². The number of nitrogens with one attached hydrogen (secondary N) is 1. The molecule has 0 unspecified atom stereocenters. The van der Waals surface area contributed by atoms with E-state index in [-0.39, 0.29) is 0 Å². The molecule has 2 rings (SSSR count). The molecule has 2 aromatic rings. The Hall–Kier alpha value is -2.00. The maximum Gasteiger partial charge on any atom is 0.119 e. The van der Waals surface area contributed by atoms with Crippen LogP contribution in [0.1, 0.15) is 5.56 Å². The number of hydrogen-bond acceptors (Lipinski definition) is 3. The van der Waals surface area contributed by atoms with E-state index in [1.54, 1.807) is 7.11 Å². The summed E-state index contributed by atoms with van der Waals surface area (Å²) in [5, 5.41) is 3.41. The van der Waals surface area contributed by atoms with Crippen LogP contribution in [0.3, 0.4) is 0 Å². The molecule has 2 aromatic carbocycles. The number of rotatable bonds is 8. The van der Waals surface area contributed by atoms with Gasteiger partial charge in [0.05, 0.1) is 6.61 Å². The first-order valence-corrected chi connectivity index (χ1v) is 6.88. The van der Waals surface area contributed by atoms with Crippen LogP contribution in [0, 0.1) is 0 Å². The van der Waals surface area contributed by atoms with E-state index in [1.807, 2.05) is 30.3 Å². The summed E-state index contributed by atoms with van der Waals surface area (Å²) in [4.78, 5) is 0. The van der Waals surface area contributed by atoms with Gasteiger partial charge in [-0.05, 0) is 36.2 Å². The van der Waals surface area contributed by atoms with Gasteiger partial charge >= 0.3 is 0 Å². The van der Waals surface area contributed by atoms with Crippen molar-refractivity contribution in [3.05, 3.63) is 60.2 Å². The number of methoxy groups -OCH3 is 1. The van der Waals surface area contributed by atoms with Crippen LogP contribution in [0.5, 0.6) is 5.75 Å². The second-order valence-electron chi connectivity index (χ2n) is 4.53. The Kier molecular flexibility index (Phi) is 5.93. The molecule has 0 aliphatic carbocycles. The van der Waals surface area contributed by atoms with E-state index in [2.05, 4.69) is 29.6 Å². The second-order valence-corrected chi connectivity index (χ2v) is 4.53. The molecule has 0 radical (unpaired) electrons. The molecule has 0 bridgehead atoms. The largest absolute Gasteiger partial charge is 0.491 e. The van der Waals surface area contributed by atoms with Gasteiger partial charge in [0.1, 0.15) is 12.4 Å². The molecule has 0 aromatic heterocycles. The summed E-state index contributed by atoms with van der Waals surface area (Å²) >= 11 is 0. The van der Waals surface area contributed by atoms with Crippen LogP contribution in [0.15, 0.2) is 54.6 Å². The van der Waals surface area contributed by atoms with Gasteiger partial charge < -0.3 is 14.8 Å². The van der Waals surface area contributed by atoms with Crippen LogP contribution in [-0.4, -0.2) is 26.9 Å². The minimum Gasteiger partial charge on any atom is -0.491 e. The van der Waals surface area contributed by atoms with Gasteiger partial charge in [0.15, 0.2) is 0 Å². The van der Waals surface area contributed by atoms with Crippen LogP contribution >= 0.6 is 0 Å². The van der Waals surface area contributed by atoms with E-state index in [0.717, 1.165) is 24.4 Å². The summed E-state index contributed by atoms with van der Waals surface area (Å²) in [6, 6.07) is 18.5. The molecule has 0 saturated heterocycles. The third-order valence-corrected chi connectivity index (χ3v) is 3.00. The molecule has 3 heteroatoms. The fourth-order valence-corrected chi connectivity index (χ4v) is 1.91. The lowest BCUT2D eigenvalue weighted by molar-refractivity contribution is 0.146. The molecule has 3 nitrogen and oxygen atoms in total. The van der Waals surface area contributed by atoms with Crippen molar-refractivity contribution in [1.29, 1.82) is 0 Å². The lowest BCUT2D eigenvalue weighted by Gasteiger charge is -2.09. The molecule has 1 N–H and O–H groups in total. The average Bonchev–Trinajstić information content (AvgIpc) is 2.50. The highest BCUT2D eigenvalue weighted by atomic mass is 16.5. The fraction of sp³-hybridized carbons (Fsp3) is 0.294. The molecule has 0 fully saturated rings. The highest BCUT2D eigenvalue weighted by Crippen LogP contribution is 2.15. The van der Waals surface area contributed by atoms with Crippen molar-refractivity contribution in [2.45, 2.75) is 6.42 Å². The standard InChI is InChI=1S/C17H21NO2/c1-19-13-14-20-17-9-7-16(8-10-17)18-12-11-15-5-3-2-4-6-15/h2-10,18H,11-14H2,1H3. The van der Waals surface area contributed by atoms with E-state index in [0.29, 0.717) is 13.2 Å². The summed E-state index contributed by atoms with van der Waals surface area (Å²) in [5.41, 5.74) is 2.46. The molecule has 0 aliphatic heterocycles. The summed E-state index contributed by atoms with van der Waals surface area (Å²) in [6.07, 6.45) is 1.02. The topological polar surface area (TPSA) is 30.5 Å². The van der Waals surface area contributed by atoms with Crippen molar-refractivity contribution < 1.29 is 9.47 Å². The third kappa shape index (κ3) is 4.94. The molecule has 20 heavy (non-hydrogen) atoms. The van der Waals surface area contributed by atoms with E-state index in [9.17, 15) is 0 Å². The Morgan fingerprint density at radius 2 is 1.65 bits per heavy atom. The first-order valence-electron chi connectivity index (χ1n) is 6.88. The van der Waals surface area contributed by atoms with Crippen LogP contribution < -0.4 is 10.1 Å². The summed E-state index contributed by atoms with van der Waals surface area (Å²) in [6.45, 7) is 2.11. The minimum absolute atomic E-state index is 0.581. The van der Waals surface area contributed by atoms with Gasteiger partial charge in [-0.2, -0.15) is 0 Å². The number of anilines is 1. The van der Waals surface area contributed by atoms with E-state index >= 15 is 0 Å². The first-order chi connectivity index (χ1) is 9.88. The van der Waals surface area contributed by atoms with Gasteiger partial charge in [0.2, 0.25) is 0 Å². The molecular weight excluding hydrogens is 250 g/mol. The van der Waals surface area contributed by atoms with Gasteiger partial charge in [-0.15, -0.1) is 0 Å². The number of hydrogen-bond donors (Lipinski definition) is 1. The Balaban J connectivity index is 1.73. The SMILES string of the molecule is COCCOc1ccc(NCCc2ccccc2)cc1. The van der Waals surface area contributed by atoms with Crippen molar-refractivity contribution >= 4 is 5.69 Å². The normalized spacial score (nSPS) is 10.2. The Bertz CT molecular complexity index is 482. The Morgan fingerprint density at radius 3 is 2.35 bits per heavy atom. The second kappa shape index (κ2) is 8.23. The summed E-state index contributed by atoms with van der Waals surface area (Å²) in [7, 11) is 1.67. The molecule has 106 valence electrons. The van der Waals surface area contributed by atoms with Crippen molar-refractivity contribution in [2.75, 3.05) is 32.2 Å². The molecule has 0 atom stereocenters. The molecular formula is C17H21NO2. The van der Waals surface area contributed by atoms with Crippen LogP contribution in [-0.2, 0) is 11.2 Å². The van der Waals surface area contributed by atoms with Gasteiger partial charge in [0, 0.05) is 19.3 Å². The minimum atomic E-state index is 0.581. The predicted octanol–water partition coefficient (Wildman–Crippen LogP) is 3.37. The molecule has 0 saturated carbocycles. The predicted molar refractivity (Wildman–Crippen MR) is 82.4 cm³/mol. The van der Waals surface area contributed by atoms with Crippen LogP contribution in [0.25, 0.3) is 0 Å². The van der Waals surface area contributed by atoms with E-state index < -0.39 is 0 Å². The zero-order valence-corrected chi connectivity index (χ0v) is 11.8. The number of benzene rings is 2. The lowest BCUT2D eigenvalue weighted by Crippen LogP contribution is -2.06. The molecule has 0 aliphatic rings. The Labute approximate surface area is 120 Å². The van der Waals surface area contributed by atoms with Gasteiger partial charge in [-0.25, -0.2) is 0 Å². The third-order valence-electron chi connectivity index (χ3n) is 3.00. The highest BCUT2D eigenvalue weighted by Gasteiger charge is 1.96. The Morgan fingerprint density at radius 1 is 0.900 bits per heavy atom. The van der Waals surface area contributed by atoms with Gasteiger partial charge in [0.25, 0.3) is 0 Å². The van der Waals surface area contributed by atoms with Crippen molar-refractivity contribution in [2.24, 2.45) is 0 Å². The quantitative estimate of drug-likeness (QED) is 0.747. The summed E-state index contributed by atoms with van der Waals surface area (Å²) in [5.74, 6) is 0.871. The zero-order chi connectivity index (χ0) is 14.0. The van der Waals surface area contributed by atoms with Gasteiger partial charge in [-0.1, -0.05) is 30.3 Å². The van der Waals surface area contributed by atoms with Gasteiger partial charge in [-0.3, -0.25) is 0 Å². The zero-order valence-electron chi connectivity index (χ0n) is 11.8. The maximum absolute atomic E-state index is 5.52. The average molecular weight is 271 g/mol. The van der Waals surface area contributed by atoms with Crippen molar-refractivity contribution in [3.63, 3.8) is 0 Å². The monoisotopic (exact) mass is 271 g/mol. The maximum atomic E-state index is 5.52. The highest BCUT2D eigenvalue weighted by molar-refractivity contribution is 5.46. The molecule has 0 spiro atoms.